The van der Waals surface area contributed by atoms with Gasteiger partial charge in [0, 0.05) is 0 Å². The lowest BCUT2D eigenvalue weighted by atomic mass is 9.47. The van der Waals surface area contributed by atoms with E-state index in [2.05, 4.69) is 4.74 Å². The highest BCUT2D eigenvalue weighted by molar-refractivity contribution is 5.76. The summed E-state index contributed by atoms with van der Waals surface area (Å²) in [6.07, 6.45) is 6.03. The molecule has 0 radical (unpaired) electrons. The zero-order valence-electron chi connectivity index (χ0n) is 11.9. The molecular formula is C15H22O5. The van der Waals surface area contributed by atoms with E-state index in [1.165, 1.54) is 13.5 Å². The summed E-state index contributed by atoms with van der Waals surface area (Å²) < 4.78 is 9.43. The van der Waals surface area contributed by atoms with Crippen LogP contribution in [0.1, 0.15) is 44.9 Å². The summed E-state index contributed by atoms with van der Waals surface area (Å²) in [5.74, 6) is 0.216. The topological polar surface area (TPSA) is 72.8 Å². The molecule has 0 aromatic carbocycles. The van der Waals surface area contributed by atoms with Crippen molar-refractivity contribution in [2.24, 2.45) is 17.3 Å². The minimum atomic E-state index is -0.563. The smallest absolute Gasteiger partial charge is 0.344 e. The number of ether oxygens (including phenoxy) is 2. The summed E-state index contributed by atoms with van der Waals surface area (Å²) in [7, 11) is 1.27. The van der Waals surface area contributed by atoms with Crippen LogP contribution in [0.25, 0.3) is 0 Å². The van der Waals surface area contributed by atoms with Crippen LogP contribution in [0.15, 0.2) is 0 Å². The predicted molar refractivity (Wildman–Crippen MR) is 69.7 cm³/mol. The summed E-state index contributed by atoms with van der Waals surface area (Å²) in [4.78, 5) is 22.9. The number of methoxy groups -OCH3 is 1. The number of esters is 2. The molecule has 112 valence electrons. The van der Waals surface area contributed by atoms with Gasteiger partial charge in [-0.3, -0.25) is 4.79 Å². The summed E-state index contributed by atoms with van der Waals surface area (Å²) in [5, 5.41) is 10.6. The summed E-state index contributed by atoms with van der Waals surface area (Å²) in [6.45, 7) is -0.317. The van der Waals surface area contributed by atoms with E-state index in [1.54, 1.807) is 0 Å². The van der Waals surface area contributed by atoms with Gasteiger partial charge in [0.05, 0.1) is 19.1 Å². The second-order valence-electron chi connectivity index (χ2n) is 7.10. The fraction of sp³-hybridized carbons (Fsp3) is 0.867. The Balaban J connectivity index is 1.62. The van der Waals surface area contributed by atoms with Gasteiger partial charge in [0.25, 0.3) is 0 Å². The maximum absolute atomic E-state index is 11.9. The number of hydrogen-bond acceptors (Lipinski definition) is 5. The highest BCUT2D eigenvalue weighted by Gasteiger charge is 2.57. The molecule has 0 aliphatic heterocycles. The van der Waals surface area contributed by atoms with Crippen molar-refractivity contribution in [3.05, 3.63) is 0 Å². The molecule has 4 saturated carbocycles. The highest BCUT2D eigenvalue weighted by atomic mass is 16.6. The Hall–Kier alpha value is -1.10. The van der Waals surface area contributed by atoms with Crippen molar-refractivity contribution in [3.8, 4) is 0 Å². The standard InChI is InChI=1S/C15H22O5/c1-19-13(17)8-20-12(16)7-14-3-10-2-11(4-14)6-15(18,5-10)9-14/h10-11,18H,2-9H2,1H3. The van der Waals surface area contributed by atoms with E-state index in [0.717, 1.165) is 25.7 Å². The predicted octanol–water partition coefficient (Wildman–Crippen LogP) is 1.42. The third kappa shape index (κ3) is 2.55. The van der Waals surface area contributed by atoms with Crippen LogP contribution in [-0.4, -0.2) is 36.4 Å². The maximum Gasteiger partial charge on any atom is 0.344 e. The first-order valence-corrected chi connectivity index (χ1v) is 7.37. The molecule has 4 aliphatic rings. The lowest BCUT2D eigenvalue weighted by molar-refractivity contribution is -0.179. The zero-order valence-corrected chi connectivity index (χ0v) is 11.9. The van der Waals surface area contributed by atoms with Crippen LogP contribution < -0.4 is 0 Å². The van der Waals surface area contributed by atoms with E-state index in [1.807, 2.05) is 0 Å². The second-order valence-corrected chi connectivity index (χ2v) is 7.10. The number of aliphatic hydroxyl groups is 1. The molecule has 4 aliphatic carbocycles. The van der Waals surface area contributed by atoms with Gasteiger partial charge in [0.2, 0.25) is 0 Å². The van der Waals surface area contributed by atoms with Gasteiger partial charge >= 0.3 is 11.9 Å². The van der Waals surface area contributed by atoms with Gasteiger partial charge < -0.3 is 14.6 Å². The van der Waals surface area contributed by atoms with E-state index in [-0.39, 0.29) is 18.0 Å². The Labute approximate surface area is 118 Å². The van der Waals surface area contributed by atoms with Crippen LogP contribution in [0.4, 0.5) is 0 Å². The van der Waals surface area contributed by atoms with E-state index in [4.69, 9.17) is 4.74 Å². The van der Waals surface area contributed by atoms with Crippen molar-refractivity contribution < 1.29 is 24.2 Å². The Bertz CT molecular complexity index is 416. The summed E-state index contributed by atoms with van der Waals surface area (Å²) in [5.41, 5.74) is -0.668. The van der Waals surface area contributed by atoms with Crippen LogP contribution in [0.5, 0.6) is 0 Å². The van der Waals surface area contributed by atoms with Crippen molar-refractivity contribution in [1.29, 1.82) is 0 Å². The lowest BCUT2D eigenvalue weighted by Crippen LogP contribution is -2.56. The summed E-state index contributed by atoms with van der Waals surface area (Å²) >= 11 is 0. The van der Waals surface area contributed by atoms with Crippen molar-refractivity contribution in [2.75, 3.05) is 13.7 Å². The first-order chi connectivity index (χ1) is 9.42. The van der Waals surface area contributed by atoms with Gasteiger partial charge in [0.15, 0.2) is 6.61 Å². The third-order valence-electron chi connectivity index (χ3n) is 5.25. The van der Waals surface area contributed by atoms with Crippen LogP contribution in [-0.2, 0) is 19.1 Å². The van der Waals surface area contributed by atoms with Crippen LogP contribution in [0.2, 0.25) is 0 Å². The Morgan fingerprint density at radius 3 is 2.35 bits per heavy atom. The summed E-state index contributed by atoms with van der Waals surface area (Å²) in [6, 6.07) is 0. The van der Waals surface area contributed by atoms with Crippen LogP contribution >= 0.6 is 0 Å². The van der Waals surface area contributed by atoms with Gasteiger partial charge in [-0.15, -0.1) is 0 Å². The van der Waals surface area contributed by atoms with Crippen molar-refractivity contribution in [1.82, 2.24) is 0 Å². The number of rotatable bonds is 4. The van der Waals surface area contributed by atoms with Crippen molar-refractivity contribution in [3.63, 3.8) is 0 Å². The fourth-order valence-electron chi connectivity index (χ4n) is 5.16. The first kappa shape index (κ1) is 13.9. The fourth-order valence-corrected chi connectivity index (χ4v) is 5.16. The van der Waals surface area contributed by atoms with Crippen LogP contribution in [0, 0.1) is 17.3 Å². The van der Waals surface area contributed by atoms with Gasteiger partial charge in [-0.25, -0.2) is 4.79 Å². The average molecular weight is 282 g/mol. The molecule has 0 saturated heterocycles. The zero-order chi connectivity index (χ0) is 14.4. The molecule has 1 N–H and O–H groups in total. The molecule has 0 spiro atoms. The number of carbonyl (C=O) groups excluding carboxylic acids is 2. The maximum atomic E-state index is 11.9. The largest absolute Gasteiger partial charge is 0.466 e. The molecular weight excluding hydrogens is 260 g/mol. The second kappa shape index (κ2) is 4.72. The van der Waals surface area contributed by atoms with E-state index in [9.17, 15) is 14.7 Å². The molecule has 4 fully saturated rings. The van der Waals surface area contributed by atoms with Gasteiger partial charge in [-0.1, -0.05) is 0 Å². The minimum Gasteiger partial charge on any atom is -0.466 e. The monoisotopic (exact) mass is 282 g/mol. The Morgan fingerprint density at radius 2 is 1.80 bits per heavy atom. The van der Waals surface area contributed by atoms with Crippen LogP contribution in [0.3, 0.4) is 0 Å². The van der Waals surface area contributed by atoms with Gasteiger partial charge in [-0.05, 0) is 55.8 Å². The van der Waals surface area contributed by atoms with Crippen molar-refractivity contribution >= 4 is 11.9 Å². The number of hydrogen-bond donors (Lipinski definition) is 1. The molecule has 0 aromatic heterocycles. The first-order valence-electron chi connectivity index (χ1n) is 7.37. The van der Waals surface area contributed by atoms with Crippen molar-refractivity contribution in [2.45, 2.75) is 50.5 Å². The molecule has 0 amide bonds. The molecule has 5 nitrogen and oxygen atoms in total. The Kier molecular flexibility index (Phi) is 3.27. The third-order valence-corrected chi connectivity index (χ3v) is 5.25. The molecule has 0 aromatic rings. The minimum absolute atomic E-state index is 0.105. The van der Waals surface area contributed by atoms with Gasteiger partial charge in [-0.2, -0.15) is 0 Å². The van der Waals surface area contributed by atoms with Gasteiger partial charge in [0.1, 0.15) is 0 Å². The molecule has 0 heterocycles. The normalized spacial score (nSPS) is 41.5. The Morgan fingerprint density at radius 1 is 1.15 bits per heavy atom. The average Bonchev–Trinajstić information content (AvgIpc) is 2.32. The quantitative estimate of drug-likeness (QED) is 0.790. The SMILES string of the molecule is COC(=O)COC(=O)CC12CC3CC(CC(O)(C3)C1)C2. The molecule has 5 heteroatoms. The molecule has 4 bridgehead atoms. The molecule has 20 heavy (non-hydrogen) atoms. The van der Waals surface area contributed by atoms with E-state index >= 15 is 0 Å². The number of carbonyl (C=O) groups is 2. The molecule has 2 unspecified atom stereocenters. The highest BCUT2D eigenvalue weighted by Crippen LogP contribution is 2.62. The molecule has 2 atom stereocenters. The molecule has 4 rings (SSSR count). The van der Waals surface area contributed by atoms with E-state index < -0.39 is 11.6 Å². The lowest BCUT2D eigenvalue weighted by Gasteiger charge is -2.60. The van der Waals surface area contributed by atoms with E-state index in [0.29, 0.717) is 24.7 Å².